The highest BCUT2D eigenvalue weighted by atomic mass is 79.9. The molecule has 0 unspecified atom stereocenters. The van der Waals surface area contributed by atoms with Gasteiger partial charge in [-0.05, 0) is 59.3 Å². The van der Waals surface area contributed by atoms with E-state index in [-0.39, 0.29) is 12.4 Å². The second-order valence-corrected chi connectivity index (χ2v) is 9.91. The second kappa shape index (κ2) is 13.0. The Balaban J connectivity index is 1.32. The van der Waals surface area contributed by atoms with E-state index in [0.717, 1.165) is 33.2 Å². The summed E-state index contributed by atoms with van der Waals surface area (Å²) in [5, 5.41) is 16.5. The molecule has 0 amide bonds. The predicted molar refractivity (Wildman–Crippen MR) is 143 cm³/mol. The quantitative estimate of drug-likeness (QED) is 0.158. The van der Waals surface area contributed by atoms with Gasteiger partial charge < -0.3 is 14.8 Å². The van der Waals surface area contributed by atoms with E-state index in [4.69, 9.17) is 21.1 Å². The number of thioether (sulfide) groups is 1. The second-order valence-electron chi connectivity index (χ2n) is 7.58. The Morgan fingerprint density at radius 3 is 2.64 bits per heavy atom. The molecule has 0 aliphatic carbocycles. The zero-order valence-electron chi connectivity index (χ0n) is 19.5. The van der Waals surface area contributed by atoms with E-state index in [2.05, 4.69) is 36.8 Å². The van der Waals surface area contributed by atoms with Crippen molar-refractivity contribution < 1.29 is 13.9 Å². The summed E-state index contributed by atoms with van der Waals surface area (Å²) in [5.41, 5.74) is 2.65. The van der Waals surface area contributed by atoms with Crippen molar-refractivity contribution in [3.05, 3.63) is 87.1 Å². The maximum atomic E-state index is 13.3. The number of halogens is 3. The van der Waals surface area contributed by atoms with Gasteiger partial charge in [-0.25, -0.2) is 4.39 Å². The van der Waals surface area contributed by atoms with Gasteiger partial charge in [0.2, 0.25) is 5.16 Å². The van der Waals surface area contributed by atoms with Crippen LogP contribution < -0.4 is 14.8 Å². The number of nitrogens with one attached hydrogen (secondary N) is 1. The van der Waals surface area contributed by atoms with E-state index < -0.39 is 0 Å². The molecule has 3 aromatic carbocycles. The molecule has 11 heteroatoms. The first-order valence-electron chi connectivity index (χ1n) is 11.2. The molecular weight excluding hydrogens is 569 g/mol. The highest BCUT2D eigenvalue weighted by molar-refractivity contribution is 9.10. The molecule has 0 radical (unpaired) electrons. The Kier molecular flexibility index (Phi) is 9.57. The summed E-state index contributed by atoms with van der Waals surface area (Å²) in [7, 11) is 0. The zero-order chi connectivity index (χ0) is 25.3. The lowest BCUT2D eigenvalue weighted by atomic mass is 10.2. The van der Waals surface area contributed by atoms with E-state index in [0.29, 0.717) is 35.2 Å². The van der Waals surface area contributed by atoms with Gasteiger partial charge in [-0.3, -0.25) is 0 Å². The highest BCUT2D eigenvalue weighted by Gasteiger charge is 2.13. The fraction of sp³-hybridized carbons (Fsp3) is 0.240. The minimum atomic E-state index is -0.383. The van der Waals surface area contributed by atoms with Crippen LogP contribution in [0, 0.1) is 5.82 Å². The Bertz CT molecular complexity index is 1290. The van der Waals surface area contributed by atoms with Crippen molar-refractivity contribution in [3.8, 4) is 17.2 Å². The summed E-state index contributed by atoms with van der Waals surface area (Å²) in [4.78, 5) is 0. The molecule has 1 N–H and O–H groups in total. The van der Waals surface area contributed by atoms with Gasteiger partial charge in [0.1, 0.15) is 12.4 Å². The van der Waals surface area contributed by atoms with Crippen molar-refractivity contribution in [1.29, 1.82) is 0 Å². The Morgan fingerprint density at radius 1 is 1.06 bits per heavy atom. The Labute approximate surface area is 226 Å². The lowest BCUT2D eigenvalue weighted by Crippen LogP contribution is -2.17. The first-order valence-corrected chi connectivity index (χ1v) is 13.4. The van der Waals surface area contributed by atoms with Gasteiger partial charge in [0.05, 0.1) is 17.3 Å². The summed E-state index contributed by atoms with van der Waals surface area (Å²) in [5.74, 6) is 1.62. The summed E-state index contributed by atoms with van der Waals surface area (Å²) < 4.78 is 27.7. The van der Waals surface area contributed by atoms with Gasteiger partial charge in [0.25, 0.3) is 0 Å². The van der Waals surface area contributed by atoms with Crippen molar-refractivity contribution in [2.75, 3.05) is 18.9 Å². The summed E-state index contributed by atoms with van der Waals surface area (Å²) in [6.45, 7) is 4.00. The minimum absolute atomic E-state index is 0.197. The van der Waals surface area contributed by atoms with E-state index in [1.165, 1.54) is 12.1 Å². The van der Waals surface area contributed by atoms with Crippen LogP contribution in [0.1, 0.15) is 18.1 Å². The monoisotopic (exact) mass is 591 g/mol. The van der Waals surface area contributed by atoms with Crippen LogP contribution in [0.2, 0.25) is 5.02 Å². The molecule has 0 saturated heterocycles. The molecule has 0 spiro atoms. The fourth-order valence-corrected chi connectivity index (χ4v) is 4.80. The van der Waals surface area contributed by atoms with Crippen LogP contribution in [0.25, 0.3) is 5.69 Å². The molecular formula is C25H24BrClFN5O2S. The minimum Gasteiger partial charge on any atom is -0.490 e. The van der Waals surface area contributed by atoms with Gasteiger partial charge >= 0.3 is 0 Å². The number of benzene rings is 3. The number of para-hydroxylation sites is 1. The van der Waals surface area contributed by atoms with Gasteiger partial charge in [0, 0.05) is 28.9 Å². The molecule has 0 bridgehead atoms. The molecule has 4 aromatic rings. The SMILES string of the molecule is CCOc1cc(CNCCSc2nnnn2-c2ccccc2)c(Br)cc1OCc1ccc(F)cc1Cl. The lowest BCUT2D eigenvalue weighted by molar-refractivity contribution is 0.269. The van der Waals surface area contributed by atoms with Crippen LogP contribution in [0.15, 0.2) is 70.3 Å². The molecule has 0 saturated carbocycles. The van der Waals surface area contributed by atoms with E-state index in [1.807, 2.05) is 49.4 Å². The number of tetrazole rings is 1. The van der Waals surface area contributed by atoms with Crippen molar-refractivity contribution in [2.45, 2.75) is 25.2 Å². The Hall–Kier alpha value is -2.66. The molecule has 0 aliphatic rings. The topological polar surface area (TPSA) is 74.1 Å². The van der Waals surface area contributed by atoms with E-state index >= 15 is 0 Å². The number of hydrogen-bond acceptors (Lipinski definition) is 7. The molecule has 0 fully saturated rings. The molecule has 0 aliphatic heterocycles. The first-order chi connectivity index (χ1) is 17.5. The van der Waals surface area contributed by atoms with Gasteiger partial charge in [-0.15, -0.1) is 5.10 Å². The number of ether oxygens (including phenoxy) is 2. The smallest absolute Gasteiger partial charge is 0.214 e. The number of rotatable bonds is 12. The van der Waals surface area contributed by atoms with E-state index in [1.54, 1.807) is 22.5 Å². The van der Waals surface area contributed by atoms with Gasteiger partial charge in [0.15, 0.2) is 11.5 Å². The van der Waals surface area contributed by atoms with E-state index in [9.17, 15) is 4.39 Å². The third kappa shape index (κ3) is 6.97. The van der Waals surface area contributed by atoms with Crippen molar-refractivity contribution >= 4 is 39.3 Å². The van der Waals surface area contributed by atoms with Gasteiger partial charge in [-0.2, -0.15) is 4.68 Å². The molecule has 0 atom stereocenters. The van der Waals surface area contributed by atoms with Crippen molar-refractivity contribution in [1.82, 2.24) is 25.5 Å². The molecule has 1 heterocycles. The normalized spacial score (nSPS) is 11.0. The maximum absolute atomic E-state index is 13.3. The third-order valence-electron chi connectivity index (χ3n) is 5.08. The van der Waals surface area contributed by atoms with Crippen LogP contribution in [0.5, 0.6) is 11.5 Å². The van der Waals surface area contributed by atoms with Crippen LogP contribution in [0.3, 0.4) is 0 Å². The summed E-state index contributed by atoms with van der Waals surface area (Å²) in [6.07, 6.45) is 0. The molecule has 1 aromatic heterocycles. The summed E-state index contributed by atoms with van der Waals surface area (Å²) >= 11 is 11.3. The van der Waals surface area contributed by atoms with Crippen LogP contribution in [-0.4, -0.2) is 39.1 Å². The lowest BCUT2D eigenvalue weighted by Gasteiger charge is -2.16. The van der Waals surface area contributed by atoms with Crippen molar-refractivity contribution in [2.24, 2.45) is 0 Å². The molecule has 7 nitrogen and oxygen atoms in total. The molecule has 4 rings (SSSR count). The molecule has 36 heavy (non-hydrogen) atoms. The predicted octanol–water partition coefficient (Wildman–Crippen LogP) is 6.08. The van der Waals surface area contributed by atoms with Crippen LogP contribution in [-0.2, 0) is 13.2 Å². The zero-order valence-corrected chi connectivity index (χ0v) is 22.6. The average molecular weight is 593 g/mol. The number of hydrogen-bond donors (Lipinski definition) is 1. The Morgan fingerprint density at radius 2 is 1.86 bits per heavy atom. The molecule has 188 valence electrons. The van der Waals surface area contributed by atoms with Crippen LogP contribution >= 0.6 is 39.3 Å². The summed E-state index contributed by atoms with van der Waals surface area (Å²) in [6, 6.07) is 17.9. The fourth-order valence-electron chi connectivity index (χ4n) is 3.33. The number of nitrogens with zero attached hydrogens (tertiary/aromatic N) is 4. The van der Waals surface area contributed by atoms with Crippen molar-refractivity contribution in [3.63, 3.8) is 0 Å². The maximum Gasteiger partial charge on any atom is 0.214 e. The standard InChI is InChI=1S/C25H24BrClFN5O2S/c1-2-34-23-12-18(21(26)14-24(23)35-16-17-8-9-19(28)13-22(17)27)15-29-10-11-36-25-30-31-32-33(25)20-6-4-3-5-7-20/h3-9,12-14,29H,2,10-11,15-16H2,1H3. The van der Waals surface area contributed by atoms with Crippen LogP contribution in [0.4, 0.5) is 4.39 Å². The van der Waals surface area contributed by atoms with Gasteiger partial charge in [-0.1, -0.05) is 63.6 Å². The first kappa shape index (κ1) is 26.4. The largest absolute Gasteiger partial charge is 0.490 e. The third-order valence-corrected chi connectivity index (χ3v) is 7.09. The highest BCUT2D eigenvalue weighted by Crippen LogP contribution is 2.35. The average Bonchev–Trinajstić information content (AvgIpc) is 3.34. The number of aromatic nitrogens is 4.